The third-order valence-corrected chi connectivity index (χ3v) is 3.19. The molecule has 0 spiro atoms. The van der Waals surface area contributed by atoms with Gasteiger partial charge < -0.3 is 18.8 Å². The molecule has 0 aliphatic rings. The molecule has 0 fully saturated rings. The molecule has 0 aliphatic heterocycles. The third kappa shape index (κ3) is 5.02. The fourth-order valence-corrected chi connectivity index (χ4v) is 2.04. The minimum absolute atomic E-state index is 0.0807. The van der Waals surface area contributed by atoms with Crippen LogP contribution in [0.4, 0.5) is 0 Å². The second kappa shape index (κ2) is 8.22. The zero-order valence-corrected chi connectivity index (χ0v) is 14.4. The van der Waals surface area contributed by atoms with Gasteiger partial charge in [-0.15, -0.1) is 0 Å². The van der Waals surface area contributed by atoms with Crippen molar-refractivity contribution in [3.05, 3.63) is 27.2 Å². The predicted molar refractivity (Wildman–Crippen MR) is 88.0 cm³/mol. The number of nitrogens with zero attached hydrogens (tertiary/aromatic N) is 2. The zero-order chi connectivity index (χ0) is 17.7. The molecule has 0 atom stereocenters. The number of hydrogen-bond acceptors (Lipinski definition) is 6. The number of hydrogen-bond donors (Lipinski definition) is 2. The van der Waals surface area contributed by atoms with Crippen molar-refractivity contribution >= 4 is 11.2 Å². The van der Waals surface area contributed by atoms with E-state index in [1.165, 1.54) is 10.9 Å². The largest absolute Gasteiger partial charge is 0.376 e. The summed E-state index contributed by atoms with van der Waals surface area (Å²) in [6, 6.07) is 0. The maximum atomic E-state index is 11.9. The van der Waals surface area contributed by atoms with Gasteiger partial charge in [0.05, 0.1) is 31.7 Å². The van der Waals surface area contributed by atoms with Crippen LogP contribution in [0.5, 0.6) is 0 Å². The Bertz CT molecular complexity index is 749. The van der Waals surface area contributed by atoms with Crippen molar-refractivity contribution in [1.29, 1.82) is 0 Å². The van der Waals surface area contributed by atoms with E-state index in [2.05, 4.69) is 15.0 Å². The van der Waals surface area contributed by atoms with E-state index in [0.717, 1.165) is 0 Å². The Morgan fingerprint density at radius 2 is 1.67 bits per heavy atom. The van der Waals surface area contributed by atoms with E-state index in [1.54, 1.807) is 0 Å². The minimum atomic E-state index is -0.591. The van der Waals surface area contributed by atoms with Gasteiger partial charge in [0.1, 0.15) is 12.8 Å². The Labute approximate surface area is 139 Å². The van der Waals surface area contributed by atoms with Crippen molar-refractivity contribution < 1.29 is 14.2 Å². The summed E-state index contributed by atoms with van der Waals surface area (Å²) in [6.07, 6.45) is 1.32. The molecule has 0 unspecified atom stereocenters. The van der Waals surface area contributed by atoms with Crippen LogP contribution in [-0.2, 0) is 20.9 Å². The van der Waals surface area contributed by atoms with Gasteiger partial charge in [0, 0.05) is 0 Å². The van der Waals surface area contributed by atoms with Gasteiger partial charge in [-0.05, 0) is 27.7 Å². The Kier molecular flexibility index (Phi) is 6.29. The maximum Gasteiger partial charge on any atom is 0.327 e. The first kappa shape index (κ1) is 18.4. The van der Waals surface area contributed by atoms with E-state index in [9.17, 15) is 9.59 Å². The lowest BCUT2D eigenvalue weighted by molar-refractivity contribution is -0.0987. The first-order valence-electron chi connectivity index (χ1n) is 7.89. The van der Waals surface area contributed by atoms with Gasteiger partial charge in [0.2, 0.25) is 0 Å². The number of fused-ring (bicyclic) bond motifs is 1. The number of imidazole rings is 1. The van der Waals surface area contributed by atoms with Crippen molar-refractivity contribution in [3.8, 4) is 0 Å². The van der Waals surface area contributed by atoms with E-state index in [-0.39, 0.29) is 36.2 Å². The quantitative estimate of drug-likeness (QED) is 0.692. The number of aromatic amines is 2. The number of H-pyrrole nitrogens is 2. The van der Waals surface area contributed by atoms with E-state index in [0.29, 0.717) is 13.2 Å². The Morgan fingerprint density at radius 3 is 2.25 bits per heavy atom. The van der Waals surface area contributed by atoms with Gasteiger partial charge in [0.25, 0.3) is 5.56 Å². The second-order valence-corrected chi connectivity index (χ2v) is 6.00. The van der Waals surface area contributed by atoms with Crippen molar-refractivity contribution in [3.63, 3.8) is 0 Å². The summed E-state index contributed by atoms with van der Waals surface area (Å²) < 4.78 is 18.5. The SMILES string of the molecule is CC(C)OCC(COC(C)C)OCn1cnc2[nH]c(=O)[nH]c(=O)c21. The molecule has 0 bridgehead atoms. The van der Waals surface area contributed by atoms with Crippen molar-refractivity contribution in [2.24, 2.45) is 0 Å². The van der Waals surface area contributed by atoms with Crippen molar-refractivity contribution in [1.82, 2.24) is 19.5 Å². The number of aromatic nitrogens is 4. The highest BCUT2D eigenvalue weighted by Gasteiger charge is 2.14. The molecule has 9 heteroatoms. The molecule has 0 aliphatic carbocycles. The maximum absolute atomic E-state index is 11.9. The molecular formula is C15H24N4O5. The first-order chi connectivity index (χ1) is 11.4. The Morgan fingerprint density at radius 1 is 1.04 bits per heavy atom. The lowest BCUT2D eigenvalue weighted by Crippen LogP contribution is -2.30. The predicted octanol–water partition coefficient (Wildman–Crippen LogP) is 0.606. The summed E-state index contributed by atoms with van der Waals surface area (Å²) in [5.41, 5.74) is -0.626. The van der Waals surface area contributed by atoms with E-state index in [1.807, 2.05) is 27.7 Å². The summed E-state index contributed by atoms with van der Waals surface area (Å²) in [7, 11) is 0. The van der Waals surface area contributed by atoms with Crippen LogP contribution in [-0.4, -0.2) is 51.0 Å². The fourth-order valence-electron chi connectivity index (χ4n) is 2.04. The standard InChI is InChI=1S/C15H24N4O5/c1-9(2)22-5-11(6-23-10(3)4)24-8-19-7-16-13-12(19)14(20)18-15(21)17-13/h7,9-11H,5-6,8H2,1-4H3,(H2,17,18,20,21). The molecule has 0 saturated carbocycles. The molecule has 0 aromatic carbocycles. The highest BCUT2D eigenvalue weighted by atomic mass is 16.6. The molecule has 2 heterocycles. The molecule has 2 rings (SSSR count). The van der Waals surface area contributed by atoms with Crippen LogP contribution in [0.2, 0.25) is 0 Å². The molecule has 0 radical (unpaired) electrons. The van der Waals surface area contributed by atoms with Crippen LogP contribution in [0.3, 0.4) is 0 Å². The topological polar surface area (TPSA) is 111 Å². The van der Waals surface area contributed by atoms with Crippen LogP contribution < -0.4 is 11.2 Å². The van der Waals surface area contributed by atoms with E-state index < -0.39 is 11.2 Å². The molecule has 2 aromatic rings. The zero-order valence-electron chi connectivity index (χ0n) is 14.4. The van der Waals surface area contributed by atoms with Crippen LogP contribution in [0.25, 0.3) is 11.2 Å². The summed E-state index contributed by atoms with van der Waals surface area (Å²) >= 11 is 0. The molecule has 9 nitrogen and oxygen atoms in total. The van der Waals surface area contributed by atoms with Gasteiger partial charge in [-0.3, -0.25) is 14.8 Å². The second-order valence-electron chi connectivity index (χ2n) is 6.00. The summed E-state index contributed by atoms with van der Waals surface area (Å²) in [6.45, 7) is 8.63. The molecule has 134 valence electrons. The fraction of sp³-hybridized carbons (Fsp3) is 0.667. The Hall–Kier alpha value is -1.97. The van der Waals surface area contributed by atoms with Crippen LogP contribution >= 0.6 is 0 Å². The number of rotatable bonds is 9. The van der Waals surface area contributed by atoms with Crippen molar-refractivity contribution in [2.45, 2.75) is 52.7 Å². The highest BCUT2D eigenvalue weighted by Crippen LogP contribution is 2.06. The average Bonchev–Trinajstić information content (AvgIpc) is 2.89. The molecule has 2 N–H and O–H groups in total. The monoisotopic (exact) mass is 340 g/mol. The molecular weight excluding hydrogens is 316 g/mol. The van der Waals surface area contributed by atoms with Crippen molar-refractivity contribution in [2.75, 3.05) is 13.2 Å². The van der Waals surface area contributed by atoms with Gasteiger partial charge >= 0.3 is 5.69 Å². The van der Waals surface area contributed by atoms with Crippen LogP contribution in [0.15, 0.2) is 15.9 Å². The van der Waals surface area contributed by atoms with E-state index >= 15 is 0 Å². The normalized spacial score (nSPS) is 12.1. The number of ether oxygens (including phenoxy) is 3. The number of nitrogens with one attached hydrogen (secondary N) is 2. The van der Waals surface area contributed by atoms with Crippen LogP contribution in [0, 0.1) is 0 Å². The summed E-state index contributed by atoms with van der Waals surface area (Å²) in [4.78, 5) is 31.8. The highest BCUT2D eigenvalue weighted by molar-refractivity contribution is 5.68. The molecule has 0 amide bonds. The third-order valence-electron chi connectivity index (χ3n) is 3.19. The Balaban J connectivity index is 2.07. The average molecular weight is 340 g/mol. The lowest BCUT2D eigenvalue weighted by Gasteiger charge is -2.21. The molecule has 0 saturated heterocycles. The van der Waals surface area contributed by atoms with E-state index in [4.69, 9.17) is 14.2 Å². The van der Waals surface area contributed by atoms with Crippen LogP contribution in [0.1, 0.15) is 27.7 Å². The van der Waals surface area contributed by atoms with Gasteiger partial charge in [-0.1, -0.05) is 0 Å². The first-order valence-corrected chi connectivity index (χ1v) is 7.89. The van der Waals surface area contributed by atoms with Gasteiger partial charge in [-0.25, -0.2) is 9.78 Å². The summed E-state index contributed by atoms with van der Waals surface area (Å²) in [5.74, 6) is 0. The van der Waals surface area contributed by atoms with Gasteiger partial charge in [0.15, 0.2) is 11.2 Å². The van der Waals surface area contributed by atoms with Gasteiger partial charge in [-0.2, -0.15) is 0 Å². The minimum Gasteiger partial charge on any atom is -0.376 e. The molecule has 24 heavy (non-hydrogen) atoms. The summed E-state index contributed by atoms with van der Waals surface area (Å²) in [5, 5.41) is 0. The lowest BCUT2D eigenvalue weighted by atomic mass is 10.3. The smallest absolute Gasteiger partial charge is 0.327 e. The molecule has 2 aromatic heterocycles.